The first kappa shape index (κ1) is 13.3. The van der Waals surface area contributed by atoms with Gasteiger partial charge < -0.3 is 10.2 Å². The lowest BCUT2D eigenvalue weighted by atomic mass is 10.2. The van der Waals surface area contributed by atoms with Crippen molar-refractivity contribution >= 4 is 5.82 Å². The number of hydrogen-bond donors (Lipinski definition) is 2. The van der Waals surface area contributed by atoms with E-state index in [-0.39, 0.29) is 0 Å². The lowest BCUT2D eigenvalue weighted by Gasteiger charge is -2.08. The van der Waals surface area contributed by atoms with E-state index < -0.39 is 0 Å². The van der Waals surface area contributed by atoms with Crippen LogP contribution in [0.4, 0.5) is 5.82 Å². The third kappa shape index (κ3) is 3.66. The van der Waals surface area contributed by atoms with Crippen LogP contribution in [0.2, 0.25) is 0 Å². The van der Waals surface area contributed by atoms with Gasteiger partial charge in [-0.1, -0.05) is 19.1 Å². The van der Waals surface area contributed by atoms with Crippen LogP contribution in [0.3, 0.4) is 0 Å². The van der Waals surface area contributed by atoms with Gasteiger partial charge in [-0.2, -0.15) is 0 Å². The monoisotopic (exact) mass is 258 g/mol. The molecule has 0 aliphatic heterocycles. The predicted molar refractivity (Wildman–Crippen MR) is 74.7 cm³/mol. The molecule has 2 rings (SSSR count). The van der Waals surface area contributed by atoms with Crippen molar-refractivity contribution in [1.82, 2.24) is 9.97 Å². The van der Waals surface area contributed by atoms with Gasteiger partial charge in [0.15, 0.2) is 5.82 Å². The molecule has 19 heavy (non-hydrogen) atoms. The van der Waals surface area contributed by atoms with Gasteiger partial charge in [0, 0.05) is 11.8 Å². The van der Waals surface area contributed by atoms with E-state index in [9.17, 15) is 0 Å². The van der Waals surface area contributed by atoms with E-state index in [1.54, 1.807) is 6.07 Å². The average molecular weight is 258 g/mol. The van der Waals surface area contributed by atoms with E-state index in [4.69, 9.17) is 10.6 Å². The zero-order valence-electron chi connectivity index (χ0n) is 11.2. The number of benzene rings is 1. The largest absolute Gasteiger partial charge is 0.486 e. The fraction of sp³-hybridized carbons (Fsp3) is 0.286. The van der Waals surface area contributed by atoms with Gasteiger partial charge in [-0.25, -0.2) is 15.8 Å². The molecule has 0 bridgehead atoms. The van der Waals surface area contributed by atoms with E-state index in [1.807, 2.05) is 19.1 Å². The topological polar surface area (TPSA) is 73.1 Å². The molecule has 100 valence electrons. The number of nitrogens with one attached hydrogen (secondary N) is 1. The van der Waals surface area contributed by atoms with E-state index in [2.05, 4.69) is 34.5 Å². The average Bonchev–Trinajstić information content (AvgIpc) is 2.45. The maximum absolute atomic E-state index is 5.65. The number of aryl methyl sites for hydroxylation is 2. The van der Waals surface area contributed by atoms with Crippen molar-refractivity contribution in [2.75, 3.05) is 5.43 Å². The number of anilines is 1. The first-order valence-corrected chi connectivity index (χ1v) is 6.24. The Bertz CT molecular complexity index is 540. The Morgan fingerprint density at radius 1 is 1.21 bits per heavy atom. The van der Waals surface area contributed by atoms with Gasteiger partial charge in [-0.15, -0.1) is 0 Å². The molecule has 0 atom stereocenters. The fourth-order valence-electron chi connectivity index (χ4n) is 1.74. The molecule has 1 aromatic heterocycles. The van der Waals surface area contributed by atoms with Gasteiger partial charge in [0.1, 0.15) is 18.2 Å². The highest BCUT2D eigenvalue weighted by Gasteiger charge is 2.02. The fourth-order valence-corrected chi connectivity index (χ4v) is 1.74. The van der Waals surface area contributed by atoms with Crippen LogP contribution in [0, 0.1) is 6.92 Å². The molecule has 1 heterocycles. The summed E-state index contributed by atoms with van der Waals surface area (Å²) in [6, 6.07) is 9.80. The lowest BCUT2D eigenvalue weighted by Crippen LogP contribution is -2.12. The van der Waals surface area contributed by atoms with Crippen LogP contribution in [0.15, 0.2) is 30.3 Å². The molecular formula is C14H18N4O. The highest BCUT2D eigenvalue weighted by atomic mass is 16.5. The summed E-state index contributed by atoms with van der Waals surface area (Å²) in [5.41, 5.74) is 4.65. The molecule has 5 heteroatoms. The standard InChI is InChI=1S/C14H18N4O/c1-3-11-4-6-12(7-5-11)19-9-14-16-10(2)8-13(17-14)18-15/h4-8H,3,9,15H2,1-2H3,(H,16,17,18). The first-order valence-electron chi connectivity index (χ1n) is 6.24. The summed E-state index contributed by atoms with van der Waals surface area (Å²) < 4.78 is 5.65. The number of nitrogen functional groups attached to an aromatic ring is 1. The second kappa shape index (κ2) is 6.15. The summed E-state index contributed by atoms with van der Waals surface area (Å²) in [5, 5.41) is 0. The van der Waals surface area contributed by atoms with Gasteiger partial charge in [0.25, 0.3) is 0 Å². The molecule has 0 unspecified atom stereocenters. The normalized spacial score (nSPS) is 10.3. The van der Waals surface area contributed by atoms with Crippen molar-refractivity contribution in [3.8, 4) is 5.75 Å². The van der Waals surface area contributed by atoms with Gasteiger partial charge in [-0.05, 0) is 31.0 Å². The Morgan fingerprint density at radius 2 is 1.95 bits per heavy atom. The molecule has 0 amide bonds. The number of aromatic nitrogens is 2. The minimum Gasteiger partial charge on any atom is -0.486 e. The maximum Gasteiger partial charge on any atom is 0.168 e. The third-order valence-corrected chi connectivity index (χ3v) is 2.75. The highest BCUT2D eigenvalue weighted by molar-refractivity contribution is 5.34. The lowest BCUT2D eigenvalue weighted by molar-refractivity contribution is 0.295. The molecule has 0 saturated carbocycles. The maximum atomic E-state index is 5.65. The zero-order chi connectivity index (χ0) is 13.7. The number of hydrazine groups is 1. The number of nitrogens with two attached hydrogens (primary N) is 1. The SMILES string of the molecule is CCc1ccc(OCc2nc(C)cc(NN)n2)cc1. The molecule has 1 aromatic carbocycles. The molecule has 0 fully saturated rings. The van der Waals surface area contributed by atoms with Crippen LogP contribution < -0.4 is 16.0 Å². The molecular weight excluding hydrogens is 240 g/mol. The Kier molecular flexibility index (Phi) is 4.30. The smallest absolute Gasteiger partial charge is 0.168 e. The molecule has 0 aliphatic carbocycles. The summed E-state index contributed by atoms with van der Waals surface area (Å²) in [6.07, 6.45) is 1.02. The van der Waals surface area contributed by atoms with Gasteiger partial charge in [0.2, 0.25) is 0 Å². The van der Waals surface area contributed by atoms with E-state index in [0.717, 1.165) is 17.9 Å². The van der Waals surface area contributed by atoms with Crippen LogP contribution in [-0.4, -0.2) is 9.97 Å². The van der Waals surface area contributed by atoms with Crippen molar-refractivity contribution in [2.45, 2.75) is 26.9 Å². The van der Waals surface area contributed by atoms with E-state index in [0.29, 0.717) is 18.2 Å². The molecule has 2 aromatic rings. The van der Waals surface area contributed by atoms with Crippen molar-refractivity contribution in [3.05, 3.63) is 47.4 Å². The van der Waals surface area contributed by atoms with Crippen molar-refractivity contribution < 1.29 is 4.74 Å². The highest BCUT2D eigenvalue weighted by Crippen LogP contribution is 2.14. The van der Waals surface area contributed by atoms with Crippen molar-refractivity contribution in [1.29, 1.82) is 0 Å². The molecule has 0 saturated heterocycles. The Hall–Kier alpha value is -2.14. The molecule has 3 N–H and O–H groups in total. The van der Waals surface area contributed by atoms with Crippen LogP contribution >= 0.6 is 0 Å². The summed E-state index contributed by atoms with van der Waals surface area (Å²) >= 11 is 0. The first-order chi connectivity index (χ1) is 9.21. The van der Waals surface area contributed by atoms with Crippen molar-refractivity contribution in [2.24, 2.45) is 5.84 Å². The summed E-state index contributed by atoms with van der Waals surface area (Å²) in [4.78, 5) is 8.53. The number of hydrogen-bond acceptors (Lipinski definition) is 5. The molecule has 0 spiro atoms. The van der Waals surface area contributed by atoms with Crippen LogP contribution in [0.1, 0.15) is 24.0 Å². The second-order valence-electron chi connectivity index (χ2n) is 4.24. The molecule has 0 radical (unpaired) electrons. The third-order valence-electron chi connectivity index (χ3n) is 2.75. The molecule has 0 aliphatic rings. The minimum atomic E-state index is 0.321. The van der Waals surface area contributed by atoms with Gasteiger partial charge in [-0.3, -0.25) is 0 Å². The minimum absolute atomic E-state index is 0.321. The van der Waals surface area contributed by atoms with Gasteiger partial charge in [0.05, 0.1) is 0 Å². The van der Waals surface area contributed by atoms with E-state index >= 15 is 0 Å². The van der Waals surface area contributed by atoms with Gasteiger partial charge >= 0.3 is 0 Å². The number of rotatable bonds is 5. The van der Waals surface area contributed by atoms with Crippen LogP contribution in [-0.2, 0) is 13.0 Å². The van der Waals surface area contributed by atoms with E-state index in [1.165, 1.54) is 5.56 Å². The van der Waals surface area contributed by atoms with Crippen molar-refractivity contribution in [3.63, 3.8) is 0 Å². The number of ether oxygens (including phenoxy) is 1. The Morgan fingerprint density at radius 3 is 2.58 bits per heavy atom. The summed E-state index contributed by atoms with van der Waals surface area (Å²) in [5.74, 6) is 7.35. The quantitative estimate of drug-likeness (QED) is 0.635. The summed E-state index contributed by atoms with van der Waals surface area (Å²) in [6.45, 7) is 4.34. The molecule has 5 nitrogen and oxygen atoms in total. The second-order valence-corrected chi connectivity index (χ2v) is 4.24. The zero-order valence-corrected chi connectivity index (χ0v) is 11.2. The Labute approximate surface area is 112 Å². The predicted octanol–water partition coefficient (Wildman–Crippen LogP) is 2.21. The van der Waals surface area contributed by atoms with Crippen LogP contribution in [0.25, 0.3) is 0 Å². The number of nitrogens with zero attached hydrogens (tertiary/aromatic N) is 2. The Balaban J connectivity index is 2.03. The van der Waals surface area contributed by atoms with Crippen LogP contribution in [0.5, 0.6) is 5.75 Å². The summed E-state index contributed by atoms with van der Waals surface area (Å²) in [7, 11) is 0.